The van der Waals surface area contributed by atoms with E-state index in [0.29, 0.717) is 37.7 Å². The largest absolute Gasteiger partial charge is 0.490 e. The first-order chi connectivity index (χ1) is 15.2. The number of hydrogen-bond acceptors (Lipinski definition) is 5. The molecule has 6 nitrogen and oxygen atoms in total. The Labute approximate surface area is 186 Å². The van der Waals surface area contributed by atoms with E-state index in [1.54, 1.807) is 6.07 Å². The molecule has 1 heterocycles. The van der Waals surface area contributed by atoms with Crippen LogP contribution >= 0.6 is 0 Å². The lowest BCUT2D eigenvalue weighted by Crippen LogP contribution is -2.47. The summed E-state index contributed by atoms with van der Waals surface area (Å²) in [4.78, 5) is 17.5. The van der Waals surface area contributed by atoms with E-state index in [1.807, 2.05) is 25.1 Å². The molecule has 1 aliphatic heterocycles. The number of ether oxygens (including phenoxy) is 2. The molecule has 3 rings (SSSR count). The molecule has 0 aliphatic carbocycles. The first-order valence-corrected chi connectivity index (χ1v) is 11.3. The molecular weight excluding hydrogens is 390 g/mol. The number of carbonyl (C=O) groups excluding carboxylic acids is 1. The smallest absolute Gasteiger partial charge is 0.255 e. The molecule has 1 amide bonds. The highest BCUT2D eigenvalue weighted by atomic mass is 16.5. The summed E-state index contributed by atoms with van der Waals surface area (Å²) < 4.78 is 11.0. The van der Waals surface area contributed by atoms with Gasteiger partial charge in [0.2, 0.25) is 0 Å². The van der Waals surface area contributed by atoms with E-state index >= 15 is 0 Å². The van der Waals surface area contributed by atoms with Gasteiger partial charge >= 0.3 is 0 Å². The monoisotopic (exact) mass is 425 g/mol. The van der Waals surface area contributed by atoms with Crippen LogP contribution in [0.15, 0.2) is 48.5 Å². The van der Waals surface area contributed by atoms with Crippen molar-refractivity contribution in [2.45, 2.75) is 20.3 Å². The molecular formula is C25H35N3O3. The van der Waals surface area contributed by atoms with E-state index in [9.17, 15) is 4.79 Å². The zero-order valence-corrected chi connectivity index (χ0v) is 18.8. The SMILES string of the molecule is CCOCCOc1ccccc1C(=O)NCCCN1CCN(c2cccc(C)c2)CC1. The highest BCUT2D eigenvalue weighted by Gasteiger charge is 2.17. The minimum atomic E-state index is -0.0868. The van der Waals surface area contributed by atoms with Gasteiger partial charge in [0.25, 0.3) is 5.91 Å². The number of piperazine rings is 1. The van der Waals surface area contributed by atoms with Gasteiger partial charge in [-0.25, -0.2) is 0 Å². The van der Waals surface area contributed by atoms with E-state index in [0.717, 1.165) is 39.1 Å². The zero-order valence-electron chi connectivity index (χ0n) is 18.8. The van der Waals surface area contributed by atoms with Gasteiger partial charge in [0.05, 0.1) is 12.2 Å². The number of aryl methyl sites for hydroxylation is 1. The lowest BCUT2D eigenvalue weighted by atomic mass is 10.2. The Morgan fingerprint density at radius 3 is 2.61 bits per heavy atom. The Morgan fingerprint density at radius 1 is 1.03 bits per heavy atom. The summed E-state index contributed by atoms with van der Waals surface area (Å²) >= 11 is 0. The molecule has 1 N–H and O–H groups in total. The maximum absolute atomic E-state index is 12.6. The van der Waals surface area contributed by atoms with Crippen LogP contribution in [-0.4, -0.2) is 69.9 Å². The third kappa shape index (κ3) is 7.26. The van der Waals surface area contributed by atoms with E-state index in [2.05, 4.69) is 46.3 Å². The van der Waals surface area contributed by atoms with Crippen LogP contribution in [0.2, 0.25) is 0 Å². The highest BCUT2D eigenvalue weighted by molar-refractivity contribution is 5.96. The number of amides is 1. The standard InChI is InChI=1S/C25H35N3O3/c1-3-30-18-19-31-24-11-5-4-10-23(24)25(29)26-12-7-13-27-14-16-28(17-15-27)22-9-6-8-21(2)20-22/h4-6,8-11,20H,3,7,12-19H2,1-2H3,(H,26,29). The zero-order chi connectivity index (χ0) is 21.9. The van der Waals surface area contributed by atoms with Gasteiger partial charge in [0.15, 0.2) is 0 Å². The number of para-hydroxylation sites is 1. The van der Waals surface area contributed by atoms with E-state index < -0.39 is 0 Å². The van der Waals surface area contributed by atoms with Crippen molar-refractivity contribution in [2.75, 3.05) is 64.0 Å². The molecule has 2 aromatic rings. The summed E-state index contributed by atoms with van der Waals surface area (Å²) in [5.74, 6) is 0.517. The van der Waals surface area contributed by atoms with Crippen molar-refractivity contribution in [3.05, 3.63) is 59.7 Å². The topological polar surface area (TPSA) is 54.0 Å². The van der Waals surface area contributed by atoms with Gasteiger partial charge in [0.1, 0.15) is 12.4 Å². The molecule has 0 spiro atoms. The second-order valence-electron chi connectivity index (χ2n) is 7.82. The molecule has 2 aromatic carbocycles. The molecule has 1 saturated heterocycles. The minimum absolute atomic E-state index is 0.0868. The molecule has 0 radical (unpaired) electrons. The van der Waals surface area contributed by atoms with Gasteiger partial charge in [-0.05, 0) is 56.6 Å². The summed E-state index contributed by atoms with van der Waals surface area (Å²) in [7, 11) is 0. The predicted molar refractivity (Wildman–Crippen MR) is 125 cm³/mol. The molecule has 0 saturated carbocycles. The number of benzene rings is 2. The number of nitrogens with one attached hydrogen (secondary N) is 1. The molecule has 31 heavy (non-hydrogen) atoms. The van der Waals surface area contributed by atoms with Crippen molar-refractivity contribution in [2.24, 2.45) is 0 Å². The number of hydrogen-bond donors (Lipinski definition) is 1. The lowest BCUT2D eigenvalue weighted by Gasteiger charge is -2.36. The number of carbonyl (C=O) groups is 1. The van der Waals surface area contributed by atoms with Crippen LogP contribution in [-0.2, 0) is 4.74 Å². The van der Waals surface area contributed by atoms with Crippen molar-refractivity contribution in [3.8, 4) is 5.75 Å². The van der Waals surface area contributed by atoms with Crippen molar-refractivity contribution in [1.29, 1.82) is 0 Å². The van der Waals surface area contributed by atoms with Gasteiger partial charge in [-0.2, -0.15) is 0 Å². The van der Waals surface area contributed by atoms with Crippen LogP contribution in [0, 0.1) is 6.92 Å². The number of anilines is 1. The number of rotatable bonds is 11. The van der Waals surface area contributed by atoms with Gasteiger partial charge < -0.3 is 19.7 Å². The number of nitrogens with zero attached hydrogens (tertiary/aromatic N) is 2. The van der Waals surface area contributed by atoms with E-state index in [-0.39, 0.29) is 5.91 Å². The fourth-order valence-corrected chi connectivity index (χ4v) is 3.79. The molecule has 0 atom stereocenters. The van der Waals surface area contributed by atoms with Crippen molar-refractivity contribution < 1.29 is 14.3 Å². The van der Waals surface area contributed by atoms with Crippen molar-refractivity contribution >= 4 is 11.6 Å². The summed E-state index contributed by atoms with van der Waals surface area (Å²) in [6, 6.07) is 16.1. The first-order valence-electron chi connectivity index (χ1n) is 11.3. The maximum atomic E-state index is 12.6. The maximum Gasteiger partial charge on any atom is 0.255 e. The predicted octanol–water partition coefficient (Wildman–Crippen LogP) is 3.35. The third-order valence-corrected chi connectivity index (χ3v) is 5.50. The van der Waals surface area contributed by atoms with Crippen LogP contribution in [0.3, 0.4) is 0 Å². The quantitative estimate of drug-likeness (QED) is 0.560. The summed E-state index contributed by atoms with van der Waals surface area (Å²) in [5.41, 5.74) is 3.19. The minimum Gasteiger partial charge on any atom is -0.490 e. The van der Waals surface area contributed by atoms with Gasteiger partial charge in [0, 0.05) is 45.0 Å². The molecule has 0 bridgehead atoms. The lowest BCUT2D eigenvalue weighted by molar-refractivity contribution is 0.0934. The normalized spacial score (nSPS) is 14.5. The summed E-state index contributed by atoms with van der Waals surface area (Å²) in [6.45, 7) is 11.5. The highest BCUT2D eigenvalue weighted by Crippen LogP contribution is 2.19. The first kappa shape index (κ1) is 23.1. The Bertz CT molecular complexity index is 819. The Balaban J connectivity index is 1.36. The van der Waals surface area contributed by atoms with Crippen LogP contribution in [0.1, 0.15) is 29.3 Å². The van der Waals surface area contributed by atoms with E-state index in [4.69, 9.17) is 9.47 Å². The molecule has 1 fully saturated rings. The van der Waals surface area contributed by atoms with Crippen LogP contribution < -0.4 is 15.0 Å². The molecule has 6 heteroatoms. The van der Waals surface area contributed by atoms with Gasteiger partial charge in [-0.3, -0.25) is 9.69 Å². The van der Waals surface area contributed by atoms with Crippen molar-refractivity contribution in [1.82, 2.24) is 10.2 Å². The van der Waals surface area contributed by atoms with Crippen LogP contribution in [0.4, 0.5) is 5.69 Å². The Hall–Kier alpha value is -2.57. The third-order valence-electron chi connectivity index (χ3n) is 5.50. The summed E-state index contributed by atoms with van der Waals surface area (Å²) in [6.07, 6.45) is 0.934. The van der Waals surface area contributed by atoms with E-state index in [1.165, 1.54) is 11.3 Å². The molecule has 0 aromatic heterocycles. The van der Waals surface area contributed by atoms with Gasteiger partial charge in [-0.15, -0.1) is 0 Å². The Kier molecular flexibility index (Phi) is 9.18. The second-order valence-corrected chi connectivity index (χ2v) is 7.82. The Morgan fingerprint density at radius 2 is 1.84 bits per heavy atom. The molecule has 168 valence electrons. The molecule has 1 aliphatic rings. The average Bonchev–Trinajstić information content (AvgIpc) is 2.80. The van der Waals surface area contributed by atoms with Crippen LogP contribution in [0.25, 0.3) is 0 Å². The van der Waals surface area contributed by atoms with Crippen molar-refractivity contribution in [3.63, 3.8) is 0 Å². The average molecular weight is 426 g/mol. The molecule has 0 unspecified atom stereocenters. The van der Waals surface area contributed by atoms with Crippen LogP contribution in [0.5, 0.6) is 5.75 Å². The fraction of sp³-hybridized carbons (Fsp3) is 0.480. The second kappa shape index (κ2) is 12.3. The van der Waals surface area contributed by atoms with Gasteiger partial charge in [-0.1, -0.05) is 24.3 Å². The summed E-state index contributed by atoms with van der Waals surface area (Å²) in [5, 5.41) is 3.03. The fourth-order valence-electron chi connectivity index (χ4n) is 3.79.